The highest BCUT2D eigenvalue weighted by Gasteiger charge is 2.30. The lowest BCUT2D eigenvalue weighted by Crippen LogP contribution is -2.39. The first-order chi connectivity index (χ1) is 10.7. The number of rotatable bonds is 17. The lowest BCUT2D eigenvalue weighted by molar-refractivity contribution is 0.168. The van der Waals surface area contributed by atoms with Crippen molar-refractivity contribution in [1.29, 1.82) is 0 Å². The molecule has 0 aliphatic carbocycles. The molecule has 0 fully saturated rings. The standard InChI is InChI=1S/C19H42O2Si/c1-5-8-11-12-13-14-15-16-19-22(4,20-17-9-6-2)21-18-10-7-3/h5-19H2,1-4H3. The van der Waals surface area contributed by atoms with E-state index in [1.54, 1.807) is 0 Å². The van der Waals surface area contributed by atoms with Crippen molar-refractivity contribution < 1.29 is 8.85 Å². The summed E-state index contributed by atoms with van der Waals surface area (Å²) >= 11 is 0. The van der Waals surface area contributed by atoms with E-state index < -0.39 is 8.56 Å². The minimum atomic E-state index is -1.91. The molecule has 0 aliphatic rings. The van der Waals surface area contributed by atoms with Gasteiger partial charge >= 0.3 is 8.56 Å². The molecule has 0 unspecified atom stereocenters. The molecule has 0 aromatic heterocycles. The maximum absolute atomic E-state index is 6.19. The van der Waals surface area contributed by atoms with Gasteiger partial charge in [-0.3, -0.25) is 0 Å². The Morgan fingerprint density at radius 2 is 0.955 bits per heavy atom. The molecule has 0 aliphatic heterocycles. The van der Waals surface area contributed by atoms with Gasteiger partial charge in [0.1, 0.15) is 0 Å². The van der Waals surface area contributed by atoms with Crippen molar-refractivity contribution in [3.8, 4) is 0 Å². The summed E-state index contributed by atoms with van der Waals surface area (Å²) in [5.74, 6) is 0. The molecular weight excluding hydrogens is 288 g/mol. The second kappa shape index (κ2) is 16.0. The van der Waals surface area contributed by atoms with Gasteiger partial charge in [-0.15, -0.1) is 0 Å². The van der Waals surface area contributed by atoms with Gasteiger partial charge in [0.15, 0.2) is 0 Å². The Morgan fingerprint density at radius 3 is 1.41 bits per heavy atom. The lowest BCUT2D eigenvalue weighted by Gasteiger charge is -2.27. The molecule has 0 saturated carbocycles. The van der Waals surface area contributed by atoms with Crippen molar-refractivity contribution >= 4 is 8.56 Å². The molecule has 0 radical (unpaired) electrons. The fourth-order valence-corrected chi connectivity index (χ4v) is 5.05. The lowest BCUT2D eigenvalue weighted by atomic mass is 10.1. The molecule has 22 heavy (non-hydrogen) atoms. The first-order valence-electron chi connectivity index (χ1n) is 9.96. The summed E-state index contributed by atoms with van der Waals surface area (Å²) in [6, 6.07) is 1.18. The van der Waals surface area contributed by atoms with Crippen LogP contribution in [-0.4, -0.2) is 21.8 Å². The van der Waals surface area contributed by atoms with E-state index >= 15 is 0 Å². The van der Waals surface area contributed by atoms with Crippen molar-refractivity contribution in [2.45, 2.75) is 110 Å². The first-order valence-corrected chi connectivity index (χ1v) is 12.5. The summed E-state index contributed by atoms with van der Waals surface area (Å²) in [7, 11) is -1.91. The van der Waals surface area contributed by atoms with Crippen LogP contribution in [0.15, 0.2) is 0 Å². The summed E-state index contributed by atoms with van der Waals surface area (Å²) in [6.45, 7) is 10.8. The summed E-state index contributed by atoms with van der Waals surface area (Å²) in [6.07, 6.45) is 15.8. The van der Waals surface area contributed by atoms with E-state index in [1.165, 1.54) is 70.3 Å². The van der Waals surface area contributed by atoms with Gasteiger partial charge in [-0.25, -0.2) is 0 Å². The molecule has 0 aromatic carbocycles. The molecule has 3 heteroatoms. The molecule has 0 bridgehead atoms. The van der Waals surface area contributed by atoms with Crippen LogP contribution in [-0.2, 0) is 8.85 Å². The SMILES string of the molecule is CCCCCCCCCC[Si](C)(OCCCC)OCCCC. The predicted molar refractivity (Wildman–Crippen MR) is 101 cm³/mol. The Hall–Kier alpha value is 0.137. The van der Waals surface area contributed by atoms with E-state index in [9.17, 15) is 0 Å². The monoisotopic (exact) mass is 330 g/mol. The Kier molecular flexibility index (Phi) is 16.1. The summed E-state index contributed by atoms with van der Waals surface area (Å²) < 4.78 is 12.4. The summed E-state index contributed by atoms with van der Waals surface area (Å²) in [5.41, 5.74) is 0. The Labute approximate surface area is 141 Å². The van der Waals surface area contributed by atoms with E-state index in [0.29, 0.717) is 0 Å². The van der Waals surface area contributed by atoms with Gasteiger partial charge in [-0.05, 0) is 25.4 Å². The molecule has 0 rings (SSSR count). The van der Waals surface area contributed by atoms with Crippen LogP contribution in [0.1, 0.15) is 97.8 Å². The van der Waals surface area contributed by atoms with Crippen LogP contribution in [0.25, 0.3) is 0 Å². The molecule has 134 valence electrons. The number of hydrogen-bond acceptors (Lipinski definition) is 2. The van der Waals surface area contributed by atoms with Crippen LogP contribution >= 0.6 is 0 Å². The van der Waals surface area contributed by atoms with Crippen LogP contribution in [0.4, 0.5) is 0 Å². The van der Waals surface area contributed by atoms with Crippen LogP contribution in [0.5, 0.6) is 0 Å². The van der Waals surface area contributed by atoms with Crippen molar-refractivity contribution in [3.63, 3.8) is 0 Å². The van der Waals surface area contributed by atoms with Crippen molar-refractivity contribution in [1.82, 2.24) is 0 Å². The molecule has 0 heterocycles. The zero-order chi connectivity index (χ0) is 16.5. The van der Waals surface area contributed by atoms with E-state index in [1.807, 2.05) is 0 Å². The third-order valence-corrected chi connectivity index (χ3v) is 7.19. The van der Waals surface area contributed by atoms with Gasteiger partial charge in [-0.1, -0.05) is 85.0 Å². The first kappa shape index (κ1) is 22.1. The third-order valence-electron chi connectivity index (χ3n) is 4.30. The Morgan fingerprint density at radius 1 is 0.545 bits per heavy atom. The van der Waals surface area contributed by atoms with Gasteiger partial charge in [0.25, 0.3) is 0 Å². The van der Waals surface area contributed by atoms with Crippen LogP contribution in [0.2, 0.25) is 12.6 Å². The van der Waals surface area contributed by atoms with Gasteiger partial charge < -0.3 is 8.85 Å². The van der Waals surface area contributed by atoms with E-state index in [0.717, 1.165) is 26.1 Å². The fourth-order valence-electron chi connectivity index (χ4n) is 2.63. The summed E-state index contributed by atoms with van der Waals surface area (Å²) in [4.78, 5) is 0. The molecule has 0 amide bonds. The highest BCUT2D eigenvalue weighted by molar-refractivity contribution is 6.66. The average Bonchev–Trinajstić information content (AvgIpc) is 2.51. The molecule has 2 nitrogen and oxygen atoms in total. The van der Waals surface area contributed by atoms with Gasteiger partial charge in [0.2, 0.25) is 0 Å². The second-order valence-electron chi connectivity index (χ2n) is 6.76. The molecule has 0 spiro atoms. The van der Waals surface area contributed by atoms with E-state index in [4.69, 9.17) is 8.85 Å². The summed E-state index contributed by atoms with van der Waals surface area (Å²) in [5, 5.41) is 0. The number of unbranched alkanes of at least 4 members (excludes halogenated alkanes) is 9. The smallest absolute Gasteiger partial charge is 0.334 e. The Bertz CT molecular complexity index is 211. The minimum absolute atomic E-state index is 0.891. The quantitative estimate of drug-likeness (QED) is 0.215. The fraction of sp³-hybridized carbons (Fsp3) is 1.00. The predicted octanol–water partition coefficient (Wildman–Crippen LogP) is 6.83. The zero-order valence-electron chi connectivity index (χ0n) is 15.9. The van der Waals surface area contributed by atoms with Gasteiger partial charge in [0, 0.05) is 13.2 Å². The molecule has 0 atom stereocenters. The molecule has 0 N–H and O–H groups in total. The van der Waals surface area contributed by atoms with Crippen LogP contribution in [0.3, 0.4) is 0 Å². The normalized spacial score (nSPS) is 12.0. The zero-order valence-corrected chi connectivity index (χ0v) is 16.9. The molecule has 0 aromatic rings. The van der Waals surface area contributed by atoms with Crippen LogP contribution in [0, 0.1) is 0 Å². The third kappa shape index (κ3) is 13.8. The van der Waals surface area contributed by atoms with Crippen LogP contribution < -0.4 is 0 Å². The van der Waals surface area contributed by atoms with Crippen molar-refractivity contribution in [3.05, 3.63) is 0 Å². The number of hydrogen-bond donors (Lipinski definition) is 0. The van der Waals surface area contributed by atoms with E-state index in [2.05, 4.69) is 27.3 Å². The van der Waals surface area contributed by atoms with Gasteiger partial charge in [-0.2, -0.15) is 0 Å². The highest BCUT2D eigenvalue weighted by Crippen LogP contribution is 2.20. The average molecular weight is 331 g/mol. The van der Waals surface area contributed by atoms with Crippen molar-refractivity contribution in [2.24, 2.45) is 0 Å². The second-order valence-corrected chi connectivity index (χ2v) is 10.1. The maximum Gasteiger partial charge on any atom is 0.334 e. The largest absolute Gasteiger partial charge is 0.394 e. The van der Waals surface area contributed by atoms with Gasteiger partial charge in [0.05, 0.1) is 0 Å². The Balaban J connectivity index is 3.80. The highest BCUT2D eigenvalue weighted by atomic mass is 28.4. The topological polar surface area (TPSA) is 18.5 Å². The molecule has 0 saturated heterocycles. The minimum Gasteiger partial charge on any atom is -0.394 e. The molecular formula is C19H42O2Si. The van der Waals surface area contributed by atoms with E-state index in [-0.39, 0.29) is 0 Å². The maximum atomic E-state index is 6.19. The van der Waals surface area contributed by atoms with Crippen molar-refractivity contribution in [2.75, 3.05) is 13.2 Å².